The molecular weight excluding hydrogens is 306 g/mol. The van der Waals surface area contributed by atoms with E-state index in [0.29, 0.717) is 29.2 Å². The number of ether oxygens (including phenoxy) is 1. The van der Waals surface area contributed by atoms with Gasteiger partial charge in [0.1, 0.15) is 24.3 Å². The first kappa shape index (κ1) is 14.0. The minimum Gasteiger partial charge on any atom is -0.472 e. The maximum Gasteiger partial charge on any atom is 0.368 e. The van der Waals surface area contributed by atoms with Gasteiger partial charge in [-0.25, -0.2) is 9.97 Å². The summed E-state index contributed by atoms with van der Waals surface area (Å²) in [7, 11) is 0. The van der Waals surface area contributed by atoms with E-state index in [2.05, 4.69) is 25.0 Å². The SMILES string of the molecule is [C-]#[N+]c1cc(-c2c[nH]c3ncnc(OCc4ccccc4)c23)no1. The maximum atomic E-state index is 6.98. The Morgan fingerprint density at radius 2 is 2.08 bits per heavy atom. The van der Waals surface area contributed by atoms with Gasteiger partial charge in [-0.1, -0.05) is 35.5 Å². The van der Waals surface area contributed by atoms with Crippen LogP contribution in [-0.4, -0.2) is 20.1 Å². The maximum absolute atomic E-state index is 6.98. The molecular formula is C17H11N5O2. The van der Waals surface area contributed by atoms with E-state index in [1.54, 1.807) is 12.3 Å². The summed E-state index contributed by atoms with van der Waals surface area (Å²) < 4.78 is 10.8. The van der Waals surface area contributed by atoms with E-state index in [1.165, 1.54) is 6.33 Å². The van der Waals surface area contributed by atoms with Crippen LogP contribution < -0.4 is 4.74 Å². The fourth-order valence-corrected chi connectivity index (χ4v) is 2.42. The zero-order chi connectivity index (χ0) is 16.4. The van der Waals surface area contributed by atoms with Gasteiger partial charge >= 0.3 is 5.88 Å². The second kappa shape index (κ2) is 5.85. The zero-order valence-electron chi connectivity index (χ0n) is 12.4. The van der Waals surface area contributed by atoms with Crippen molar-refractivity contribution in [2.75, 3.05) is 0 Å². The number of hydrogen-bond acceptors (Lipinski definition) is 5. The Bertz CT molecular complexity index is 1030. The monoisotopic (exact) mass is 317 g/mol. The predicted octanol–water partition coefficient (Wildman–Crippen LogP) is 3.74. The third kappa shape index (κ3) is 2.46. The van der Waals surface area contributed by atoms with Crippen molar-refractivity contribution in [1.82, 2.24) is 20.1 Å². The van der Waals surface area contributed by atoms with Crippen LogP contribution in [0.1, 0.15) is 5.56 Å². The number of aromatic amines is 1. The molecule has 7 nitrogen and oxygen atoms in total. The number of nitrogens with one attached hydrogen (secondary N) is 1. The Labute approximate surface area is 136 Å². The molecule has 0 spiro atoms. The second-order valence-corrected chi connectivity index (χ2v) is 5.04. The average Bonchev–Trinajstić information content (AvgIpc) is 3.27. The van der Waals surface area contributed by atoms with E-state index in [-0.39, 0.29) is 5.88 Å². The molecule has 0 atom stereocenters. The summed E-state index contributed by atoms with van der Waals surface area (Å²) in [6.07, 6.45) is 3.19. The fourth-order valence-electron chi connectivity index (χ4n) is 2.42. The molecule has 0 radical (unpaired) electrons. The van der Waals surface area contributed by atoms with Gasteiger partial charge in [0.05, 0.1) is 12.0 Å². The molecule has 0 aliphatic carbocycles. The molecule has 116 valence electrons. The summed E-state index contributed by atoms with van der Waals surface area (Å²) in [6.45, 7) is 7.38. The van der Waals surface area contributed by atoms with Crippen LogP contribution in [0, 0.1) is 6.57 Å². The number of aromatic nitrogens is 4. The molecule has 0 saturated heterocycles. The van der Waals surface area contributed by atoms with Crippen molar-refractivity contribution in [2.45, 2.75) is 6.61 Å². The highest BCUT2D eigenvalue weighted by molar-refractivity contribution is 5.96. The first-order chi connectivity index (χ1) is 11.8. The molecule has 0 saturated carbocycles. The molecule has 0 amide bonds. The van der Waals surface area contributed by atoms with Crippen molar-refractivity contribution in [1.29, 1.82) is 0 Å². The van der Waals surface area contributed by atoms with Crippen LogP contribution >= 0.6 is 0 Å². The highest BCUT2D eigenvalue weighted by Gasteiger charge is 2.17. The summed E-state index contributed by atoms with van der Waals surface area (Å²) in [6, 6.07) is 11.4. The molecule has 1 aromatic carbocycles. The Morgan fingerprint density at radius 3 is 2.88 bits per heavy atom. The minimum absolute atomic E-state index is 0.128. The Balaban J connectivity index is 1.73. The molecule has 1 N–H and O–H groups in total. The second-order valence-electron chi connectivity index (χ2n) is 5.04. The zero-order valence-corrected chi connectivity index (χ0v) is 12.4. The molecule has 0 unspecified atom stereocenters. The van der Waals surface area contributed by atoms with Crippen LogP contribution in [0.25, 0.3) is 27.1 Å². The summed E-state index contributed by atoms with van der Waals surface area (Å²) in [5, 5.41) is 4.63. The lowest BCUT2D eigenvalue weighted by molar-refractivity contribution is 0.297. The molecule has 0 bridgehead atoms. The number of fused-ring (bicyclic) bond motifs is 1. The molecule has 3 heterocycles. The molecule has 4 aromatic rings. The Hall–Kier alpha value is -3.66. The number of nitrogens with zero attached hydrogens (tertiary/aromatic N) is 4. The van der Waals surface area contributed by atoms with Crippen LogP contribution in [0.5, 0.6) is 5.88 Å². The van der Waals surface area contributed by atoms with Crippen molar-refractivity contribution in [2.24, 2.45) is 0 Å². The third-order valence-corrected chi connectivity index (χ3v) is 3.54. The van der Waals surface area contributed by atoms with Gasteiger partial charge in [0.25, 0.3) is 0 Å². The Kier molecular flexibility index (Phi) is 3.41. The smallest absolute Gasteiger partial charge is 0.368 e. The lowest BCUT2D eigenvalue weighted by Gasteiger charge is -2.07. The van der Waals surface area contributed by atoms with Crippen molar-refractivity contribution < 1.29 is 9.26 Å². The average molecular weight is 317 g/mol. The molecule has 3 aromatic heterocycles. The molecule has 0 aliphatic heterocycles. The largest absolute Gasteiger partial charge is 0.472 e. The summed E-state index contributed by atoms with van der Waals surface area (Å²) in [4.78, 5) is 14.7. The highest BCUT2D eigenvalue weighted by Crippen LogP contribution is 2.34. The minimum atomic E-state index is 0.128. The first-order valence-corrected chi connectivity index (χ1v) is 7.18. The van der Waals surface area contributed by atoms with Crippen molar-refractivity contribution in [3.63, 3.8) is 0 Å². The van der Waals surface area contributed by atoms with Crippen LogP contribution in [0.15, 0.2) is 53.4 Å². The van der Waals surface area contributed by atoms with Crippen LogP contribution in [0.2, 0.25) is 0 Å². The van der Waals surface area contributed by atoms with Crippen LogP contribution in [-0.2, 0) is 6.61 Å². The van der Waals surface area contributed by atoms with Crippen molar-refractivity contribution >= 4 is 16.9 Å². The van der Waals surface area contributed by atoms with E-state index < -0.39 is 0 Å². The predicted molar refractivity (Wildman–Crippen MR) is 86.4 cm³/mol. The molecule has 0 aliphatic rings. The number of benzene rings is 1. The van der Waals surface area contributed by atoms with Crippen LogP contribution in [0.4, 0.5) is 5.88 Å². The van der Waals surface area contributed by atoms with Gasteiger partial charge < -0.3 is 14.2 Å². The molecule has 0 fully saturated rings. The summed E-state index contributed by atoms with van der Waals surface area (Å²) >= 11 is 0. The molecule has 24 heavy (non-hydrogen) atoms. The number of rotatable bonds is 4. The third-order valence-electron chi connectivity index (χ3n) is 3.54. The highest BCUT2D eigenvalue weighted by atomic mass is 16.5. The Morgan fingerprint density at radius 1 is 1.21 bits per heavy atom. The van der Waals surface area contributed by atoms with E-state index in [1.807, 2.05) is 30.3 Å². The van der Waals surface area contributed by atoms with Gasteiger partial charge in [0, 0.05) is 17.8 Å². The quantitative estimate of drug-likeness (QED) is 0.580. The normalized spacial score (nSPS) is 10.6. The fraction of sp³-hybridized carbons (Fsp3) is 0.0588. The number of hydrogen-bond donors (Lipinski definition) is 1. The first-order valence-electron chi connectivity index (χ1n) is 7.18. The molecule has 7 heteroatoms. The van der Waals surface area contributed by atoms with Gasteiger partial charge in [-0.15, -0.1) is 0 Å². The standard InChI is InChI=1S/C17H11N5O2/c1-18-14-7-13(22-24-14)12-8-19-16-15(12)17(21-10-20-16)23-9-11-5-3-2-4-6-11/h2-8,10H,9H2,(H,19,20,21). The molecule has 4 rings (SSSR count). The van der Waals surface area contributed by atoms with Gasteiger partial charge in [-0.3, -0.25) is 0 Å². The lowest BCUT2D eigenvalue weighted by atomic mass is 10.2. The van der Waals surface area contributed by atoms with E-state index in [9.17, 15) is 0 Å². The summed E-state index contributed by atoms with van der Waals surface area (Å²) in [5.41, 5.74) is 2.94. The van der Waals surface area contributed by atoms with Gasteiger partial charge in [-0.05, 0) is 5.56 Å². The van der Waals surface area contributed by atoms with Crippen molar-refractivity contribution in [3.05, 3.63) is 65.9 Å². The van der Waals surface area contributed by atoms with Crippen LogP contribution in [0.3, 0.4) is 0 Å². The van der Waals surface area contributed by atoms with E-state index >= 15 is 0 Å². The van der Waals surface area contributed by atoms with Crippen molar-refractivity contribution in [3.8, 4) is 17.1 Å². The lowest BCUT2D eigenvalue weighted by Crippen LogP contribution is -1.98. The summed E-state index contributed by atoms with van der Waals surface area (Å²) in [5.74, 6) is 0.579. The van der Waals surface area contributed by atoms with Gasteiger partial charge in [-0.2, -0.15) is 4.85 Å². The number of H-pyrrole nitrogens is 1. The van der Waals surface area contributed by atoms with Gasteiger partial charge in [0.15, 0.2) is 0 Å². The topological polar surface area (TPSA) is 81.2 Å². The van der Waals surface area contributed by atoms with Gasteiger partial charge in [0.2, 0.25) is 5.88 Å². The van der Waals surface area contributed by atoms with E-state index in [0.717, 1.165) is 11.1 Å². The van der Waals surface area contributed by atoms with E-state index in [4.69, 9.17) is 15.8 Å².